The Bertz CT molecular complexity index is 686. The number of aryl methyl sites for hydroxylation is 1. The van der Waals surface area contributed by atoms with E-state index in [1.807, 2.05) is 44.1 Å². The predicted molar refractivity (Wildman–Crippen MR) is 92.6 cm³/mol. The molecule has 2 rings (SSSR count). The summed E-state index contributed by atoms with van der Waals surface area (Å²) in [4.78, 5) is 14.3. The van der Waals surface area contributed by atoms with Crippen molar-refractivity contribution in [1.82, 2.24) is 0 Å². The second kappa shape index (κ2) is 6.50. The van der Waals surface area contributed by atoms with E-state index in [-0.39, 0.29) is 5.91 Å². The van der Waals surface area contributed by atoms with E-state index in [1.165, 1.54) is 0 Å². The zero-order valence-electron chi connectivity index (χ0n) is 12.1. The van der Waals surface area contributed by atoms with E-state index in [2.05, 4.69) is 21.2 Å². The van der Waals surface area contributed by atoms with Crippen LogP contribution in [0.15, 0.2) is 40.9 Å². The van der Waals surface area contributed by atoms with E-state index in [4.69, 9.17) is 11.6 Å². The van der Waals surface area contributed by atoms with Crippen LogP contribution in [0.25, 0.3) is 0 Å². The van der Waals surface area contributed by atoms with E-state index in [9.17, 15) is 4.79 Å². The van der Waals surface area contributed by atoms with Gasteiger partial charge in [0.2, 0.25) is 0 Å². The third-order valence-corrected chi connectivity index (χ3v) is 4.39. The molecule has 2 aromatic rings. The van der Waals surface area contributed by atoms with Gasteiger partial charge in [-0.1, -0.05) is 11.6 Å². The molecule has 0 heterocycles. The Hall–Kier alpha value is -1.52. The number of hydrogen-bond donors (Lipinski definition) is 1. The van der Waals surface area contributed by atoms with Crippen molar-refractivity contribution in [2.75, 3.05) is 24.3 Å². The zero-order valence-corrected chi connectivity index (χ0v) is 14.4. The summed E-state index contributed by atoms with van der Waals surface area (Å²) < 4.78 is 0.771. The van der Waals surface area contributed by atoms with Crippen LogP contribution in [0.3, 0.4) is 0 Å². The molecular formula is C16H16BrClN2O. The van der Waals surface area contributed by atoms with Crippen LogP contribution in [-0.2, 0) is 0 Å². The topological polar surface area (TPSA) is 32.3 Å². The predicted octanol–water partition coefficient (Wildman–Crippen LogP) is 4.73. The second-order valence-electron chi connectivity index (χ2n) is 4.98. The van der Waals surface area contributed by atoms with Crippen molar-refractivity contribution < 1.29 is 4.79 Å². The number of carbonyl (C=O) groups excluding carboxylic acids is 1. The van der Waals surface area contributed by atoms with Gasteiger partial charge in [0, 0.05) is 35.5 Å². The number of amides is 1. The number of rotatable bonds is 3. The normalized spacial score (nSPS) is 10.3. The third kappa shape index (κ3) is 3.77. The summed E-state index contributed by atoms with van der Waals surface area (Å²) in [5, 5.41) is 3.42. The molecule has 0 aromatic heterocycles. The lowest BCUT2D eigenvalue weighted by Crippen LogP contribution is -2.14. The lowest BCUT2D eigenvalue weighted by molar-refractivity contribution is 0.102. The van der Waals surface area contributed by atoms with Gasteiger partial charge in [-0.25, -0.2) is 0 Å². The molecule has 0 bridgehead atoms. The number of benzene rings is 2. The maximum absolute atomic E-state index is 12.3. The fourth-order valence-electron chi connectivity index (χ4n) is 1.90. The number of hydrogen-bond acceptors (Lipinski definition) is 2. The molecule has 0 atom stereocenters. The molecule has 0 aliphatic heterocycles. The minimum atomic E-state index is -0.176. The summed E-state index contributed by atoms with van der Waals surface area (Å²) in [7, 11) is 3.97. The number of nitrogens with zero attached hydrogens (tertiary/aromatic N) is 1. The average Bonchev–Trinajstić information content (AvgIpc) is 2.43. The van der Waals surface area contributed by atoms with Crippen molar-refractivity contribution in [1.29, 1.82) is 0 Å². The van der Waals surface area contributed by atoms with Crippen molar-refractivity contribution in [2.24, 2.45) is 0 Å². The molecular weight excluding hydrogens is 352 g/mol. The van der Waals surface area contributed by atoms with Crippen LogP contribution in [0.1, 0.15) is 15.9 Å². The van der Waals surface area contributed by atoms with E-state index in [0.717, 1.165) is 21.4 Å². The molecule has 21 heavy (non-hydrogen) atoms. The van der Waals surface area contributed by atoms with E-state index in [1.54, 1.807) is 18.2 Å². The van der Waals surface area contributed by atoms with Crippen LogP contribution < -0.4 is 10.2 Å². The summed E-state index contributed by atoms with van der Waals surface area (Å²) in [5.74, 6) is -0.176. The van der Waals surface area contributed by atoms with Gasteiger partial charge in [0.1, 0.15) is 0 Å². The van der Waals surface area contributed by atoms with Crippen molar-refractivity contribution in [3.05, 3.63) is 57.0 Å². The first kappa shape index (κ1) is 15.9. The van der Waals surface area contributed by atoms with Gasteiger partial charge < -0.3 is 10.2 Å². The van der Waals surface area contributed by atoms with Gasteiger partial charge in [-0.15, -0.1) is 0 Å². The second-order valence-corrected chi connectivity index (χ2v) is 6.24. The molecule has 0 saturated carbocycles. The van der Waals surface area contributed by atoms with Gasteiger partial charge >= 0.3 is 0 Å². The largest absolute Gasteiger partial charge is 0.378 e. The maximum atomic E-state index is 12.3. The number of carbonyl (C=O) groups is 1. The van der Waals surface area contributed by atoms with Gasteiger partial charge in [0.15, 0.2) is 0 Å². The Morgan fingerprint density at radius 3 is 2.48 bits per heavy atom. The molecule has 0 spiro atoms. The Labute approximate surface area is 138 Å². The standard InChI is InChI=1S/C16H16BrClN2O/c1-10-8-12(20(2)3)5-7-15(10)19-16(21)11-4-6-13(17)14(18)9-11/h4-9H,1-3H3,(H,19,21). The van der Waals surface area contributed by atoms with Gasteiger partial charge in [0.25, 0.3) is 5.91 Å². The molecule has 1 amide bonds. The zero-order chi connectivity index (χ0) is 15.6. The van der Waals surface area contributed by atoms with E-state index >= 15 is 0 Å². The first-order valence-corrected chi connectivity index (χ1v) is 7.60. The highest BCUT2D eigenvalue weighted by molar-refractivity contribution is 9.10. The van der Waals surface area contributed by atoms with Crippen LogP contribution >= 0.6 is 27.5 Å². The molecule has 3 nitrogen and oxygen atoms in total. The van der Waals surface area contributed by atoms with Gasteiger partial charge in [0.05, 0.1) is 5.02 Å². The van der Waals surface area contributed by atoms with Crippen LogP contribution in [0, 0.1) is 6.92 Å². The quantitative estimate of drug-likeness (QED) is 0.850. The van der Waals surface area contributed by atoms with Crippen molar-refractivity contribution in [3.8, 4) is 0 Å². The summed E-state index contributed by atoms with van der Waals surface area (Å²) in [5.41, 5.74) is 3.43. The number of nitrogens with one attached hydrogen (secondary N) is 1. The Morgan fingerprint density at radius 2 is 1.90 bits per heavy atom. The highest BCUT2D eigenvalue weighted by Gasteiger charge is 2.10. The third-order valence-electron chi connectivity index (χ3n) is 3.16. The Kier molecular flexibility index (Phi) is 4.91. The van der Waals surface area contributed by atoms with E-state index < -0.39 is 0 Å². The fraction of sp³-hybridized carbons (Fsp3) is 0.188. The first-order valence-electron chi connectivity index (χ1n) is 6.43. The highest BCUT2D eigenvalue weighted by Crippen LogP contribution is 2.25. The molecule has 0 fully saturated rings. The lowest BCUT2D eigenvalue weighted by Gasteiger charge is -2.15. The Balaban J connectivity index is 2.21. The summed E-state index contributed by atoms with van der Waals surface area (Å²) in [6.07, 6.45) is 0. The lowest BCUT2D eigenvalue weighted by atomic mass is 10.1. The van der Waals surface area contributed by atoms with Gasteiger partial charge in [-0.3, -0.25) is 4.79 Å². The monoisotopic (exact) mass is 366 g/mol. The summed E-state index contributed by atoms with van der Waals surface area (Å²) in [6.45, 7) is 1.97. The highest BCUT2D eigenvalue weighted by atomic mass is 79.9. The smallest absolute Gasteiger partial charge is 0.255 e. The molecule has 1 N–H and O–H groups in total. The van der Waals surface area contributed by atoms with Crippen LogP contribution in [0.2, 0.25) is 5.02 Å². The molecule has 0 aliphatic carbocycles. The van der Waals surface area contributed by atoms with Crippen LogP contribution in [0.4, 0.5) is 11.4 Å². The van der Waals surface area contributed by atoms with Crippen molar-refractivity contribution in [2.45, 2.75) is 6.92 Å². The van der Waals surface area contributed by atoms with Crippen molar-refractivity contribution in [3.63, 3.8) is 0 Å². The average molecular weight is 368 g/mol. The van der Waals surface area contributed by atoms with E-state index in [0.29, 0.717) is 10.6 Å². The maximum Gasteiger partial charge on any atom is 0.255 e. The first-order chi connectivity index (χ1) is 9.88. The summed E-state index contributed by atoms with van der Waals surface area (Å²) in [6, 6.07) is 11.0. The molecule has 0 saturated heterocycles. The fourth-order valence-corrected chi connectivity index (χ4v) is 2.33. The molecule has 0 unspecified atom stereocenters. The Morgan fingerprint density at radius 1 is 1.19 bits per heavy atom. The van der Waals surface area contributed by atoms with Crippen LogP contribution in [-0.4, -0.2) is 20.0 Å². The molecule has 5 heteroatoms. The minimum absolute atomic E-state index is 0.176. The van der Waals surface area contributed by atoms with Gasteiger partial charge in [-0.05, 0) is 64.8 Å². The SMILES string of the molecule is Cc1cc(N(C)C)ccc1NC(=O)c1ccc(Br)c(Cl)c1. The minimum Gasteiger partial charge on any atom is -0.378 e. The van der Waals surface area contributed by atoms with Crippen molar-refractivity contribution >= 4 is 44.8 Å². The molecule has 2 aromatic carbocycles. The number of halogens is 2. The summed E-state index contributed by atoms with van der Waals surface area (Å²) >= 11 is 9.33. The van der Waals surface area contributed by atoms with Gasteiger partial charge in [-0.2, -0.15) is 0 Å². The number of anilines is 2. The molecule has 0 radical (unpaired) electrons. The molecule has 0 aliphatic rings. The van der Waals surface area contributed by atoms with Crippen LogP contribution in [0.5, 0.6) is 0 Å². The molecule has 110 valence electrons.